The van der Waals surface area contributed by atoms with Crippen molar-refractivity contribution < 1.29 is 9.18 Å². The summed E-state index contributed by atoms with van der Waals surface area (Å²) in [4.78, 5) is 19.7. The number of fused-ring (bicyclic) bond motifs is 2. The maximum absolute atomic E-state index is 13.9. The Bertz CT molecular complexity index is 1020. The molecule has 2 saturated heterocycles. The number of pyridine rings is 1. The first-order valence-corrected chi connectivity index (χ1v) is 13.5. The van der Waals surface area contributed by atoms with E-state index in [9.17, 15) is 9.18 Å². The van der Waals surface area contributed by atoms with Gasteiger partial charge in [-0.2, -0.15) is 4.39 Å². The number of aryl methyl sites for hydroxylation is 1. The SMILES string of the molecule is Cc1nnc(C(C)C)n1C1CC2CCC(C1)N2CC[C@H](NC(=O)C1CCCC1)c1cccc(F)n1. The zero-order chi connectivity index (χ0) is 24.5. The van der Waals surface area contributed by atoms with Crippen molar-refractivity contribution in [1.82, 2.24) is 30.0 Å². The van der Waals surface area contributed by atoms with E-state index in [1.165, 1.54) is 18.9 Å². The topological polar surface area (TPSA) is 75.9 Å². The average molecular weight is 483 g/mol. The highest BCUT2D eigenvalue weighted by atomic mass is 19.1. The van der Waals surface area contributed by atoms with Crippen LogP contribution in [0.3, 0.4) is 0 Å². The highest BCUT2D eigenvalue weighted by molar-refractivity contribution is 5.79. The van der Waals surface area contributed by atoms with Crippen LogP contribution in [-0.2, 0) is 4.79 Å². The normalized spacial score (nSPS) is 25.9. The molecule has 7 nitrogen and oxygen atoms in total. The van der Waals surface area contributed by atoms with Gasteiger partial charge in [0.2, 0.25) is 11.9 Å². The van der Waals surface area contributed by atoms with Gasteiger partial charge in [0.05, 0.1) is 11.7 Å². The van der Waals surface area contributed by atoms with Gasteiger partial charge in [0, 0.05) is 36.5 Å². The van der Waals surface area contributed by atoms with E-state index in [1.54, 1.807) is 6.07 Å². The van der Waals surface area contributed by atoms with Crippen LogP contribution in [0.4, 0.5) is 4.39 Å². The van der Waals surface area contributed by atoms with Crippen LogP contribution in [0.1, 0.15) is 107 Å². The van der Waals surface area contributed by atoms with Gasteiger partial charge in [-0.05, 0) is 64.0 Å². The highest BCUT2D eigenvalue weighted by Crippen LogP contribution is 2.42. The van der Waals surface area contributed by atoms with Gasteiger partial charge in [-0.25, -0.2) is 4.98 Å². The molecule has 1 aliphatic carbocycles. The minimum absolute atomic E-state index is 0.0835. The van der Waals surface area contributed by atoms with E-state index in [0.717, 1.165) is 63.1 Å². The molecule has 1 amide bonds. The average Bonchev–Trinajstić information content (AvgIpc) is 3.55. The van der Waals surface area contributed by atoms with Gasteiger partial charge in [0.1, 0.15) is 11.6 Å². The minimum atomic E-state index is -0.492. The number of nitrogens with one attached hydrogen (secondary N) is 1. The lowest BCUT2D eigenvalue weighted by atomic mass is 9.95. The number of rotatable bonds is 8. The van der Waals surface area contributed by atoms with Crippen molar-refractivity contribution >= 4 is 5.91 Å². The molecule has 8 heteroatoms. The van der Waals surface area contributed by atoms with E-state index in [4.69, 9.17) is 0 Å². The van der Waals surface area contributed by atoms with Gasteiger partial charge in [-0.3, -0.25) is 9.69 Å². The van der Waals surface area contributed by atoms with Crippen LogP contribution in [0.25, 0.3) is 0 Å². The Morgan fingerprint density at radius 2 is 1.80 bits per heavy atom. The molecule has 0 aromatic carbocycles. The zero-order valence-corrected chi connectivity index (χ0v) is 21.3. The van der Waals surface area contributed by atoms with E-state index in [1.807, 2.05) is 6.07 Å². The Balaban J connectivity index is 1.27. The Hall–Kier alpha value is -2.35. The number of carbonyl (C=O) groups excluding carboxylic acids is 1. The van der Waals surface area contributed by atoms with Crippen molar-refractivity contribution in [2.75, 3.05) is 6.54 Å². The molecule has 35 heavy (non-hydrogen) atoms. The molecule has 2 aromatic rings. The van der Waals surface area contributed by atoms with Crippen molar-refractivity contribution in [1.29, 1.82) is 0 Å². The summed E-state index contributed by atoms with van der Waals surface area (Å²) in [5.41, 5.74) is 0.625. The molecular formula is C27H39FN6O. The number of amides is 1. The summed E-state index contributed by atoms with van der Waals surface area (Å²) in [7, 11) is 0. The van der Waals surface area contributed by atoms with Gasteiger partial charge >= 0.3 is 0 Å². The first-order chi connectivity index (χ1) is 16.9. The molecule has 1 saturated carbocycles. The number of hydrogen-bond donors (Lipinski definition) is 1. The predicted molar refractivity (Wildman–Crippen MR) is 132 cm³/mol. The Morgan fingerprint density at radius 1 is 1.09 bits per heavy atom. The molecule has 3 atom stereocenters. The van der Waals surface area contributed by atoms with Gasteiger partial charge < -0.3 is 9.88 Å². The number of nitrogens with zero attached hydrogens (tertiary/aromatic N) is 5. The van der Waals surface area contributed by atoms with Gasteiger partial charge in [-0.15, -0.1) is 10.2 Å². The second kappa shape index (κ2) is 10.3. The molecule has 0 radical (unpaired) electrons. The Morgan fingerprint density at radius 3 is 2.46 bits per heavy atom. The fourth-order valence-corrected chi connectivity index (χ4v) is 6.72. The molecule has 2 aromatic heterocycles. The van der Waals surface area contributed by atoms with E-state index in [2.05, 4.69) is 50.7 Å². The van der Waals surface area contributed by atoms with Crippen LogP contribution >= 0.6 is 0 Å². The molecule has 3 fully saturated rings. The van der Waals surface area contributed by atoms with Crippen LogP contribution in [0.2, 0.25) is 0 Å². The molecule has 5 rings (SSSR count). The maximum atomic E-state index is 13.9. The summed E-state index contributed by atoms with van der Waals surface area (Å²) in [6, 6.07) is 6.12. The largest absolute Gasteiger partial charge is 0.347 e. The second-order valence-electron chi connectivity index (χ2n) is 11.1. The minimum Gasteiger partial charge on any atom is -0.347 e. The van der Waals surface area contributed by atoms with Crippen molar-refractivity contribution in [3.05, 3.63) is 41.5 Å². The third-order valence-corrected chi connectivity index (χ3v) is 8.45. The third-order valence-electron chi connectivity index (χ3n) is 8.45. The Kier molecular flexibility index (Phi) is 7.19. The number of piperidine rings is 1. The smallest absolute Gasteiger partial charge is 0.223 e. The lowest BCUT2D eigenvalue weighted by Gasteiger charge is -2.40. The second-order valence-corrected chi connectivity index (χ2v) is 11.1. The number of halogens is 1. The van der Waals surface area contributed by atoms with Gasteiger partial charge in [0.25, 0.3) is 0 Å². The van der Waals surface area contributed by atoms with Crippen molar-refractivity contribution in [3.8, 4) is 0 Å². The molecule has 2 bridgehead atoms. The summed E-state index contributed by atoms with van der Waals surface area (Å²) < 4.78 is 16.3. The third kappa shape index (κ3) is 5.13. The standard InChI is InChI=1S/C27H39FN6O/c1-17(2)26-32-31-18(3)34(26)22-15-20-11-12-21(16-22)33(20)14-13-24(23-9-6-10-25(28)29-23)30-27(35)19-7-4-5-8-19/h6,9-10,17,19-22,24H,4-5,7-8,11-16H2,1-3H3,(H,30,35)/t20?,21?,22?,24-/m0/s1. The van der Waals surface area contributed by atoms with Crippen LogP contribution in [-0.4, -0.2) is 49.2 Å². The van der Waals surface area contributed by atoms with Crippen molar-refractivity contribution in [2.45, 2.75) is 109 Å². The fraction of sp³-hybridized carbons (Fsp3) is 0.704. The van der Waals surface area contributed by atoms with Crippen LogP contribution in [0.15, 0.2) is 18.2 Å². The number of aromatic nitrogens is 4. The van der Waals surface area contributed by atoms with Crippen molar-refractivity contribution in [2.24, 2.45) is 5.92 Å². The molecule has 2 aliphatic heterocycles. The molecule has 190 valence electrons. The Labute approximate surface area is 207 Å². The fourth-order valence-electron chi connectivity index (χ4n) is 6.72. The monoisotopic (exact) mass is 482 g/mol. The van der Waals surface area contributed by atoms with Crippen LogP contribution in [0, 0.1) is 18.8 Å². The number of carbonyl (C=O) groups is 1. The predicted octanol–water partition coefficient (Wildman–Crippen LogP) is 4.85. The molecule has 2 unspecified atom stereocenters. The van der Waals surface area contributed by atoms with E-state index >= 15 is 0 Å². The van der Waals surface area contributed by atoms with Crippen LogP contribution in [0.5, 0.6) is 0 Å². The maximum Gasteiger partial charge on any atom is 0.223 e. The lowest BCUT2D eigenvalue weighted by molar-refractivity contribution is -0.125. The summed E-state index contributed by atoms with van der Waals surface area (Å²) >= 11 is 0. The summed E-state index contributed by atoms with van der Waals surface area (Å²) in [6.07, 6.45) is 9.50. The van der Waals surface area contributed by atoms with E-state index < -0.39 is 5.95 Å². The summed E-state index contributed by atoms with van der Waals surface area (Å²) in [5.74, 6) is 2.15. The van der Waals surface area contributed by atoms with E-state index in [0.29, 0.717) is 29.7 Å². The van der Waals surface area contributed by atoms with E-state index in [-0.39, 0.29) is 17.9 Å². The lowest BCUT2D eigenvalue weighted by Crippen LogP contribution is -2.45. The molecule has 1 N–H and O–H groups in total. The zero-order valence-electron chi connectivity index (χ0n) is 21.3. The molecular weight excluding hydrogens is 443 g/mol. The van der Waals surface area contributed by atoms with Crippen LogP contribution < -0.4 is 5.32 Å². The van der Waals surface area contributed by atoms with Gasteiger partial charge in [0.15, 0.2) is 0 Å². The summed E-state index contributed by atoms with van der Waals surface area (Å²) in [5, 5.41) is 12.1. The first-order valence-electron chi connectivity index (χ1n) is 13.5. The molecule has 3 aliphatic rings. The van der Waals surface area contributed by atoms with Gasteiger partial charge in [-0.1, -0.05) is 32.8 Å². The molecule has 0 spiro atoms. The highest BCUT2D eigenvalue weighted by Gasteiger charge is 2.42. The number of hydrogen-bond acceptors (Lipinski definition) is 5. The molecule has 4 heterocycles. The first kappa shape index (κ1) is 24.3. The quantitative estimate of drug-likeness (QED) is 0.545. The summed E-state index contributed by atoms with van der Waals surface area (Å²) in [6.45, 7) is 7.32. The van der Waals surface area contributed by atoms with Crippen molar-refractivity contribution in [3.63, 3.8) is 0 Å².